The van der Waals surface area contributed by atoms with Crippen LogP contribution >= 0.6 is 0 Å². The van der Waals surface area contributed by atoms with E-state index in [1.807, 2.05) is 0 Å². The summed E-state index contributed by atoms with van der Waals surface area (Å²) >= 11 is 0. The van der Waals surface area contributed by atoms with Crippen LogP contribution in [0, 0.1) is 6.42 Å². The van der Waals surface area contributed by atoms with Gasteiger partial charge < -0.3 is 0 Å². The van der Waals surface area contributed by atoms with Crippen molar-refractivity contribution in [1.82, 2.24) is 0 Å². The number of hydrogen-bond donors (Lipinski definition) is 0. The van der Waals surface area contributed by atoms with Gasteiger partial charge in [0.05, 0.1) is 0 Å². The minimum Gasteiger partial charge on any atom is -0.0533 e. The van der Waals surface area contributed by atoms with Crippen molar-refractivity contribution in [3.05, 3.63) is 6.42 Å². The van der Waals surface area contributed by atoms with Crippen molar-refractivity contribution in [2.75, 3.05) is 0 Å². The predicted molar refractivity (Wildman–Crippen MR) is 91.0 cm³/mol. The summed E-state index contributed by atoms with van der Waals surface area (Å²) in [5, 5.41) is 0. The Morgan fingerprint density at radius 2 is 0.450 bits per heavy atom. The van der Waals surface area contributed by atoms with Gasteiger partial charge in [-0.3, -0.25) is 0 Å². The Balaban J connectivity index is 2.00. The lowest BCUT2D eigenvalue weighted by molar-refractivity contribution is 0.520. The van der Waals surface area contributed by atoms with Crippen LogP contribution in [-0.2, 0) is 0 Å². The zero-order valence-corrected chi connectivity index (χ0v) is 13.9. The third-order valence-corrected chi connectivity index (χ3v) is 4.71. The SMILES string of the molecule is [C]1CCCCCCCCCCCCCCCCCCC1. The van der Waals surface area contributed by atoms with Crippen molar-refractivity contribution in [2.45, 2.75) is 122 Å². The van der Waals surface area contributed by atoms with Gasteiger partial charge in [0.15, 0.2) is 0 Å². The van der Waals surface area contributed by atoms with E-state index >= 15 is 0 Å². The second kappa shape index (κ2) is 15.4. The summed E-state index contributed by atoms with van der Waals surface area (Å²) in [7, 11) is 0. The van der Waals surface area contributed by atoms with E-state index in [-0.39, 0.29) is 0 Å². The van der Waals surface area contributed by atoms with Crippen molar-refractivity contribution < 1.29 is 0 Å². The molecule has 0 N–H and O–H groups in total. The van der Waals surface area contributed by atoms with Crippen LogP contribution in [0.3, 0.4) is 0 Å². The van der Waals surface area contributed by atoms with Crippen molar-refractivity contribution >= 4 is 0 Å². The van der Waals surface area contributed by atoms with Gasteiger partial charge in [-0.25, -0.2) is 0 Å². The molecule has 0 bridgehead atoms. The lowest BCUT2D eigenvalue weighted by Crippen LogP contribution is -1.86. The highest BCUT2D eigenvalue weighted by Crippen LogP contribution is 2.16. The monoisotopic (exact) mass is 278 g/mol. The molecule has 1 rings (SSSR count). The molecular weight excluding hydrogens is 240 g/mol. The van der Waals surface area contributed by atoms with Crippen LogP contribution in [0.25, 0.3) is 0 Å². The van der Waals surface area contributed by atoms with Gasteiger partial charge in [-0.05, 0) is 19.3 Å². The van der Waals surface area contributed by atoms with Gasteiger partial charge in [-0.2, -0.15) is 0 Å². The first-order valence-corrected chi connectivity index (χ1v) is 9.71. The van der Waals surface area contributed by atoms with E-state index in [1.54, 1.807) is 0 Å². The van der Waals surface area contributed by atoms with Crippen molar-refractivity contribution in [3.63, 3.8) is 0 Å². The first-order chi connectivity index (χ1) is 10.0. The highest BCUT2D eigenvalue weighted by Gasteiger charge is 1.97. The number of hydrogen-bond acceptors (Lipinski definition) is 0. The molecule has 0 spiro atoms. The molecule has 1 fully saturated rings. The second-order valence-corrected chi connectivity index (χ2v) is 6.76. The molecule has 0 saturated heterocycles. The average molecular weight is 279 g/mol. The largest absolute Gasteiger partial charge is 0.0533 e. The molecule has 0 heteroatoms. The summed E-state index contributed by atoms with van der Waals surface area (Å²) in [5.74, 6) is 0. The first-order valence-electron chi connectivity index (χ1n) is 9.71. The Labute approximate surface area is 129 Å². The van der Waals surface area contributed by atoms with E-state index in [4.69, 9.17) is 0 Å². The fourth-order valence-electron chi connectivity index (χ4n) is 3.28. The smallest absolute Gasteiger partial charge is 0.0173 e. The predicted octanol–water partition coefficient (Wildman–Crippen LogP) is 7.49. The van der Waals surface area contributed by atoms with E-state index in [0.29, 0.717) is 0 Å². The van der Waals surface area contributed by atoms with Crippen LogP contribution in [0.15, 0.2) is 0 Å². The maximum atomic E-state index is 3.61. The molecule has 1 saturated carbocycles. The fraction of sp³-hybridized carbons (Fsp3) is 0.950. The Kier molecular flexibility index (Phi) is 13.9. The molecule has 0 nitrogen and oxygen atoms in total. The van der Waals surface area contributed by atoms with Crippen LogP contribution in [0.2, 0.25) is 0 Å². The molecule has 0 unspecified atom stereocenters. The molecule has 0 aromatic carbocycles. The molecule has 2 radical (unpaired) electrons. The minimum absolute atomic E-state index is 1.25. The summed E-state index contributed by atoms with van der Waals surface area (Å²) < 4.78 is 0. The molecule has 1 aliphatic carbocycles. The van der Waals surface area contributed by atoms with Crippen LogP contribution in [0.1, 0.15) is 122 Å². The first kappa shape index (κ1) is 18.1. The molecule has 0 amide bonds. The van der Waals surface area contributed by atoms with Gasteiger partial charge in [0, 0.05) is 0 Å². The van der Waals surface area contributed by atoms with Crippen LogP contribution < -0.4 is 0 Å². The third kappa shape index (κ3) is 13.0. The zero-order valence-electron chi connectivity index (χ0n) is 13.9. The summed E-state index contributed by atoms with van der Waals surface area (Å²) in [6.45, 7) is 0. The summed E-state index contributed by atoms with van der Waals surface area (Å²) in [4.78, 5) is 0. The lowest BCUT2D eigenvalue weighted by atomic mass is 10.0. The van der Waals surface area contributed by atoms with E-state index in [2.05, 4.69) is 6.42 Å². The standard InChI is InChI=1S/C20H38/c1-2-4-6-8-10-12-14-16-18-20-19-17-15-13-11-9-7-5-3-1/h1-19H2. The molecule has 0 aliphatic heterocycles. The van der Waals surface area contributed by atoms with E-state index in [0.717, 1.165) is 0 Å². The summed E-state index contributed by atoms with van der Waals surface area (Å²) in [6, 6.07) is 0. The van der Waals surface area contributed by atoms with Crippen molar-refractivity contribution in [2.24, 2.45) is 0 Å². The van der Waals surface area contributed by atoms with Crippen molar-refractivity contribution in [3.8, 4) is 0 Å². The highest BCUT2D eigenvalue weighted by molar-refractivity contribution is 4.64. The average Bonchev–Trinajstić information content (AvgIpc) is 2.46. The van der Waals surface area contributed by atoms with Gasteiger partial charge in [-0.15, -0.1) is 0 Å². The Hall–Kier alpha value is 0. The lowest BCUT2D eigenvalue weighted by Gasteiger charge is -2.05. The van der Waals surface area contributed by atoms with Gasteiger partial charge >= 0.3 is 0 Å². The minimum atomic E-state index is 1.25. The summed E-state index contributed by atoms with van der Waals surface area (Å²) in [6.07, 6.45) is 31.0. The molecule has 0 atom stereocenters. The molecule has 0 heterocycles. The maximum absolute atomic E-state index is 3.61. The molecule has 20 heavy (non-hydrogen) atoms. The molecule has 1 aliphatic rings. The van der Waals surface area contributed by atoms with Crippen molar-refractivity contribution in [1.29, 1.82) is 0 Å². The molecule has 0 aromatic heterocycles. The van der Waals surface area contributed by atoms with Crippen LogP contribution in [0.4, 0.5) is 0 Å². The fourth-order valence-corrected chi connectivity index (χ4v) is 3.28. The Morgan fingerprint density at radius 1 is 0.250 bits per heavy atom. The van der Waals surface area contributed by atoms with Gasteiger partial charge in [-0.1, -0.05) is 109 Å². The Bertz CT molecular complexity index is 86.4. The summed E-state index contributed by atoms with van der Waals surface area (Å²) in [5.41, 5.74) is 0. The van der Waals surface area contributed by atoms with Gasteiger partial charge in [0.25, 0.3) is 0 Å². The third-order valence-electron chi connectivity index (χ3n) is 4.71. The normalized spacial score (nSPS) is 24.0. The maximum Gasteiger partial charge on any atom is -0.0173 e. The molecule has 0 aromatic rings. The molecule has 118 valence electrons. The Morgan fingerprint density at radius 3 is 0.700 bits per heavy atom. The zero-order chi connectivity index (χ0) is 14.1. The van der Waals surface area contributed by atoms with Crippen LogP contribution in [-0.4, -0.2) is 0 Å². The number of rotatable bonds is 0. The second-order valence-electron chi connectivity index (χ2n) is 6.76. The van der Waals surface area contributed by atoms with Crippen LogP contribution in [0.5, 0.6) is 0 Å². The quantitative estimate of drug-likeness (QED) is 0.430. The highest BCUT2D eigenvalue weighted by atomic mass is 14.0. The van der Waals surface area contributed by atoms with E-state index < -0.39 is 0 Å². The van der Waals surface area contributed by atoms with E-state index in [9.17, 15) is 0 Å². The van der Waals surface area contributed by atoms with Gasteiger partial charge in [0.1, 0.15) is 0 Å². The van der Waals surface area contributed by atoms with Gasteiger partial charge in [0.2, 0.25) is 0 Å². The topological polar surface area (TPSA) is 0 Å². The molecular formula is C20H38. The van der Waals surface area contributed by atoms with E-state index in [1.165, 1.54) is 122 Å².